The smallest absolute Gasteiger partial charge is 0.341 e. The van der Waals surface area contributed by atoms with Crippen molar-refractivity contribution in [3.05, 3.63) is 65.3 Å². The summed E-state index contributed by atoms with van der Waals surface area (Å²) < 4.78 is 22.8. The second-order valence-electron chi connectivity index (χ2n) is 10.2. The molecular weight excluding hydrogens is 476 g/mol. The maximum absolute atomic E-state index is 12.8. The second-order valence-corrected chi connectivity index (χ2v) is 10.2. The fourth-order valence-electron chi connectivity index (χ4n) is 5.54. The molecule has 2 spiro atoms. The molecule has 2 saturated carbocycles. The van der Waals surface area contributed by atoms with Gasteiger partial charge < -0.3 is 29.2 Å². The Morgan fingerprint density at radius 2 is 1.30 bits per heavy atom. The number of hydrogen-bond donors (Lipinski definition) is 2. The molecule has 0 bridgehead atoms. The van der Waals surface area contributed by atoms with E-state index in [4.69, 9.17) is 18.9 Å². The first-order valence-electron chi connectivity index (χ1n) is 13.2. The molecule has 2 unspecified atom stereocenters. The Hall–Kier alpha value is -2.78. The van der Waals surface area contributed by atoms with Gasteiger partial charge in [0.1, 0.15) is 0 Å². The molecule has 0 radical (unpaired) electrons. The van der Waals surface area contributed by atoms with Crippen LogP contribution in [0.2, 0.25) is 0 Å². The zero-order valence-electron chi connectivity index (χ0n) is 20.9. The quantitative estimate of drug-likeness (QED) is 0.452. The Labute approximate surface area is 216 Å². The molecule has 8 heteroatoms. The van der Waals surface area contributed by atoms with Gasteiger partial charge in [0.05, 0.1) is 11.1 Å². The summed E-state index contributed by atoms with van der Waals surface area (Å²) in [6, 6.07) is 9.44. The normalized spacial score (nSPS) is 29.9. The molecule has 2 aliphatic heterocycles. The Morgan fingerprint density at radius 3 is 1.81 bits per heavy atom. The third kappa shape index (κ3) is 5.72. The van der Waals surface area contributed by atoms with Crippen molar-refractivity contribution in [2.75, 3.05) is 0 Å². The van der Waals surface area contributed by atoms with E-state index in [2.05, 4.69) is 0 Å². The second kappa shape index (κ2) is 10.9. The lowest BCUT2D eigenvalue weighted by atomic mass is 9.92. The number of carbonyl (C=O) groups is 2. The van der Waals surface area contributed by atoms with Crippen molar-refractivity contribution in [1.82, 2.24) is 0 Å². The van der Waals surface area contributed by atoms with Crippen LogP contribution in [0, 0.1) is 0 Å². The minimum absolute atomic E-state index is 0.0111. The molecule has 198 valence electrons. The predicted molar refractivity (Wildman–Crippen MR) is 133 cm³/mol. The van der Waals surface area contributed by atoms with E-state index in [-0.39, 0.29) is 17.6 Å². The molecule has 0 aromatic heterocycles. The van der Waals surface area contributed by atoms with Gasteiger partial charge in [-0.25, -0.2) is 9.59 Å². The van der Waals surface area contributed by atoms with Crippen LogP contribution in [0.4, 0.5) is 0 Å². The molecule has 1 aromatic rings. The molecule has 2 saturated heterocycles. The van der Waals surface area contributed by atoms with Crippen molar-refractivity contribution < 1.29 is 38.7 Å². The van der Waals surface area contributed by atoms with Gasteiger partial charge in [0.15, 0.2) is 12.6 Å². The molecule has 0 amide bonds. The van der Waals surface area contributed by atoms with E-state index in [1.165, 1.54) is 6.08 Å². The largest absolute Gasteiger partial charge is 0.429 e. The Morgan fingerprint density at radius 1 is 0.784 bits per heavy atom. The summed E-state index contributed by atoms with van der Waals surface area (Å²) in [6.45, 7) is 0. The molecule has 4 aliphatic rings. The van der Waals surface area contributed by atoms with Gasteiger partial charge in [-0.3, -0.25) is 0 Å². The third-order valence-electron chi connectivity index (χ3n) is 7.59. The topological polar surface area (TPSA) is 112 Å². The highest BCUT2D eigenvalue weighted by Gasteiger charge is 2.46. The standard InChI is InChI=1S/C29H34O8/c30-24-22(25(31)35-28(34-24)16-6-2-7-17-28)14-12-21(20-10-4-1-5-11-20)13-15-23-26(32)36-29(37-27(23)33)18-8-3-9-19-29/h1,4-5,10-12,14-15,24,26,30,32H,2-3,6-9,13,16-19H2. The average molecular weight is 511 g/mol. The van der Waals surface area contributed by atoms with Crippen molar-refractivity contribution in [3.63, 3.8) is 0 Å². The van der Waals surface area contributed by atoms with E-state index in [1.807, 2.05) is 30.3 Å². The molecule has 8 nitrogen and oxygen atoms in total. The maximum atomic E-state index is 12.8. The molecule has 1 aromatic carbocycles. The van der Waals surface area contributed by atoms with Gasteiger partial charge in [-0.05, 0) is 49.3 Å². The Kier molecular flexibility index (Phi) is 7.62. The number of aliphatic hydroxyl groups excluding tert-OH is 2. The summed E-state index contributed by atoms with van der Waals surface area (Å²) in [6.07, 6.45) is 10.2. The summed E-state index contributed by atoms with van der Waals surface area (Å²) in [5.74, 6) is -3.26. The third-order valence-corrected chi connectivity index (χ3v) is 7.59. The highest BCUT2D eigenvalue weighted by atomic mass is 16.8. The van der Waals surface area contributed by atoms with Crippen LogP contribution in [0.5, 0.6) is 0 Å². The van der Waals surface area contributed by atoms with Crippen LogP contribution in [0.3, 0.4) is 0 Å². The highest BCUT2D eigenvalue weighted by Crippen LogP contribution is 2.40. The summed E-state index contributed by atoms with van der Waals surface area (Å²) in [7, 11) is 0. The molecule has 2 N–H and O–H groups in total. The van der Waals surface area contributed by atoms with E-state index in [0.717, 1.165) is 49.7 Å². The molecular formula is C29H34O8. The molecule has 2 heterocycles. The summed E-state index contributed by atoms with van der Waals surface area (Å²) in [5.41, 5.74) is 1.65. The van der Waals surface area contributed by atoms with Gasteiger partial charge >= 0.3 is 11.9 Å². The van der Waals surface area contributed by atoms with Crippen LogP contribution in [-0.4, -0.2) is 46.3 Å². The van der Waals surface area contributed by atoms with Gasteiger partial charge in [0, 0.05) is 25.7 Å². The van der Waals surface area contributed by atoms with Gasteiger partial charge in [0.2, 0.25) is 11.6 Å². The lowest BCUT2D eigenvalue weighted by Crippen LogP contribution is -2.49. The molecule has 2 aliphatic carbocycles. The van der Waals surface area contributed by atoms with Crippen molar-refractivity contribution in [2.24, 2.45) is 0 Å². The zero-order valence-corrected chi connectivity index (χ0v) is 20.9. The van der Waals surface area contributed by atoms with Gasteiger partial charge in [-0.15, -0.1) is 0 Å². The number of allylic oxidation sites excluding steroid dienone is 4. The Balaban J connectivity index is 1.36. The van der Waals surface area contributed by atoms with Crippen LogP contribution in [-0.2, 0) is 28.5 Å². The first-order valence-corrected chi connectivity index (χ1v) is 13.2. The summed E-state index contributed by atoms with van der Waals surface area (Å²) in [4.78, 5) is 25.6. The lowest BCUT2D eigenvalue weighted by Gasteiger charge is -2.41. The molecule has 5 rings (SSSR count). The fraction of sp³-hybridized carbons (Fsp3) is 0.517. The number of ether oxygens (including phenoxy) is 4. The monoisotopic (exact) mass is 510 g/mol. The van der Waals surface area contributed by atoms with E-state index >= 15 is 0 Å². The number of esters is 2. The minimum atomic E-state index is -1.39. The van der Waals surface area contributed by atoms with Gasteiger partial charge in [-0.1, -0.05) is 55.3 Å². The zero-order chi connectivity index (χ0) is 25.9. The summed E-state index contributed by atoms with van der Waals surface area (Å²) in [5, 5.41) is 21.3. The first kappa shape index (κ1) is 25.9. The lowest BCUT2D eigenvalue weighted by molar-refractivity contribution is -0.306. The van der Waals surface area contributed by atoms with Crippen LogP contribution in [0.25, 0.3) is 5.57 Å². The minimum Gasteiger partial charge on any atom is -0.429 e. The number of aliphatic hydroxyl groups is 2. The van der Waals surface area contributed by atoms with E-state index in [1.54, 1.807) is 12.2 Å². The highest BCUT2D eigenvalue weighted by molar-refractivity contribution is 5.91. The van der Waals surface area contributed by atoms with E-state index in [9.17, 15) is 19.8 Å². The van der Waals surface area contributed by atoms with Crippen molar-refractivity contribution in [2.45, 2.75) is 94.8 Å². The summed E-state index contributed by atoms with van der Waals surface area (Å²) >= 11 is 0. The maximum Gasteiger partial charge on any atom is 0.341 e. The Bertz CT molecular complexity index is 1090. The van der Waals surface area contributed by atoms with Crippen LogP contribution in [0.15, 0.2) is 59.7 Å². The SMILES string of the molecule is O=C1OC2(CCCCC2)OC(O)C1=CC=C(CC=C1C(=O)OC2(CCCCC2)OC1O)c1ccccc1. The number of carbonyl (C=O) groups excluding carboxylic acids is 2. The van der Waals surface area contributed by atoms with Crippen LogP contribution >= 0.6 is 0 Å². The van der Waals surface area contributed by atoms with E-state index < -0.39 is 36.1 Å². The number of benzene rings is 1. The molecule has 2 atom stereocenters. The van der Waals surface area contributed by atoms with Crippen LogP contribution in [0.1, 0.15) is 76.2 Å². The van der Waals surface area contributed by atoms with Gasteiger partial charge in [0.25, 0.3) is 0 Å². The van der Waals surface area contributed by atoms with Crippen molar-refractivity contribution in [1.29, 1.82) is 0 Å². The number of rotatable bonds is 4. The average Bonchev–Trinajstić information content (AvgIpc) is 2.88. The number of hydrogen-bond acceptors (Lipinski definition) is 8. The van der Waals surface area contributed by atoms with Crippen molar-refractivity contribution >= 4 is 17.5 Å². The first-order chi connectivity index (χ1) is 17.9. The molecule has 37 heavy (non-hydrogen) atoms. The predicted octanol–water partition coefficient (Wildman–Crippen LogP) is 4.42. The molecule has 4 fully saturated rings. The fourth-order valence-corrected chi connectivity index (χ4v) is 5.54. The van der Waals surface area contributed by atoms with Crippen molar-refractivity contribution in [3.8, 4) is 0 Å². The van der Waals surface area contributed by atoms with Gasteiger partial charge in [-0.2, -0.15) is 0 Å². The van der Waals surface area contributed by atoms with E-state index in [0.29, 0.717) is 25.7 Å². The van der Waals surface area contributed by atoms with Crippen LogP contribution < -0.4 is 0 Å².